The highest BCUT2D eigenvalue weighted by Gasteiger charge is 2.14. The fourth-order valence-electron chi connectivity index (χ4n) is 7.56. The summed E-state index contributed by atoms with van der Waals surface area (Å²) >= 11 is 0. The molecule has 0 unspecified atom stereocenters. The highest BCUT2D eigenvalue weighted by molar-refractivity contribution is 5.69. The Hall–Kier alpha value is -2.36. The van der Waals surface area contributed by atoms with Crippen LogP contribution in [0.1, 0.15) is 239 Å². The van der Waals surface area contributed by atoms with E-state index in [1.54, 1.807) is 7.05 Å². The number of rotatable bonds is 46. The lowest BCUT2D eigenvalue weighted by molar-refractivity contribution is -0.404. The van der Waals surface area contributed by atoms with Crippen LogP contribution in [0.4, 0.5) is 0 Å². The van der Waals surface area contributed by atoms with Crippen LogP contribution in [0.25, 0.3) is 0 Å². The zero-order valence-electron chi connectivity index (χ0n) is 38.6. The van der Waals surface area contributed by atoms with Crippen LogP contribution in [0.5, 0.6) is 0 Å². The largest absolute Gasteiger partial charge is 0.466 e. The summed E-state index contributed by atoms with van der Waals surface area (Å²) in [5, 5.41) is 16.9. The van der Waals surface area contributed by atoms with Gasteiger partial charge in [-0.05, 0) is 83.8 Å². The number of nitrogens with zero attached hydrogens (tertiary/aromatic N) is 2. The van der Waals surface area contributed by atoms with Crippen molar-refractivity contribution in [1.29, 1.82) is 0 Å². The maximum atomic E-state index is 12.8. The molecule has 0 radical (unpaired) electrons. The number of unbranched alkanes of at least 4 members (excludes halogenated alkanes) is 24. The van der Waals surface area contributed by atoms with Crippen LogP contribution >= 0.6 is 0 Å². The maximum Gasteiger partial charge on any atom is 0.306 e. The molecule has 0 aliphatic rings. The lowest BCUT2D eigenvalue weighted by Crippen LogP contribution is -2.31. The molecule has 0 atom stereocenters. The quantitative estimate of drug-likeness (QED) is 0.0267. The molecule has 0 rings (SSSR count). The number of carbonyl (C=O) groups excluding carboxylic acids is 2. The molecule has 10 nitrogen and oxygen atoms in total. The van der Waals surface area contributed by atoms with Gasteiger partial charge in [0.05, 0.1) is 11.5 Å². The number of hydrogen-bond donors (Lipinski definition) is 2. The van der Waals surface area contributed by atoms with Crippen LogP contribution in [-0.2, 0) is 19.1 Å². The Bertz CT molecular complexity index is 948. The summed E-state index contributed by atoms with van der Waals surface area (Å²) in [6.45, 7) is 11.0. The molecule has 0 saturated carbocycles. The zero-order valence-corrected chi connectivity index (χ0v) is 38.6. The molecular weight excluding hydrogens is 729 g/mol. The molecule has 342 valence electrons. The molecule has 0 heterocycles. The van der Waals surface area contributed by atoms with Crippen LogP contribution in [0.2, 0.25) is 0 Å². The van der Waals surface area contributed by atoms with Gasteiger partial charge >= 0.3 is 11.9 Å². The van der Waals surface area contributed by atoms with Crippen molar-refractivity contribution in [1.82, 2.24) is 15.5 Å². The molecule has 2 N–H and O–H groups in total. The predicted octanol–water partition coefficient (Wildman–Crippen LogP) is 13.0. The molecule has 0 saturated heterocycles. The van der Waals surface area contributed by atoms with Gasteiger partial charge in [0.1, 0.15) is 6.10 Å². The van der Waals surface area contributed by atoms with E-state index >= 15 is 0 Å². The molecule has 0 bridgehead atoms. The van der Waals surface area contributed by atoms with Crippen molar-refractivity contribution in [3.05, 3.63) is 22.1 Å². The third-order valence-corrected chi connectivity index (χ3v) is 11.2. The van der Waals surface area contributed by atoms with E-state index in [4.69, 9.17) is 9.47 Å². The number of carbonyl (C=O) groups is 2. The monoisotopic (exact) mass is 823 g/mol. The van der Waals surface area contributed by atoms with Gasteiger partial charge in [0.15, 0.2) is 5.82 Å². The van der Waals surface area contributed by atoms with Crippen LogP contribution in [-0.4, -0.2) is 67.7 Å². The fraction of sp³-hybridized carbons (Fsp3) is 0.917. The van der Waals surface area contributed by atoms with Crippen molar-refractivity contribution in [2.24, 2.45) is 0 Å². The topological polar surface area (TPSA) is 123 Å². The molecule has 0 aromatic carbocycles. The number of hydrogen-bond acceptors (Lipinski definition) is 9. The first-order valence-electron chi connectivity index (χ1n) is 24.7. The van der Waals surface area contributed by atoms with E-state index in [1.165, 1.54) is 96.3 Å². The maximum absolute atomic E-state index is 12.8. The van der Waals surface area contributed by atoms with Gasteiger partial charge in [-0.15, -0.1) is 0 Å². The summed E-state index contributed by atoms with van der Waals surface area (Å²) < 4.78 is 11.5. The first-order chi connectivity index (χ1) is 28.4. The van der Waals surface area contributed by atoms with Gasteiger partial charge in [-0.25, -0.2) is 0 Å². The smallest absolute Gasteiger partial charge is 0.306 e. The summed E-state index contributed by atoms with van der Waals surface area (Å²) in [4.78, 5) is 37.9. The van der Waals surface area contributed by atoms with Crippen molar-refractivity contribution < 1.29 is 24.0 Å². The van der Waals surface area contributed by atoms with E-state index in [9.17, 15) is 19.7 Å². The van der Waals surface area contributed by atoms with E-state index in [-0.39, 0.29) is 18.0 Å². The molecule has 0 aliphatic carbocycles. The molecule has 0 aromatic heterocycles. The number of nitro groups is 1. The molecular formula is C48H94N4O6. The Kier molecular flexibility index (Phi) is 42.4. The average Bonchev–Trinajstić information content (AvgIpc) is 3.21. The molecule has 0 fully saturated rings. The van der Waals surface area contributed by atoms with Crippen LogP contribution in [0.3, 0.4) is 0 Å². The first-order valence-corrected chi connectivity index (χ1v) is 24.7. The third kappa shape index (κ3) is 40.4. The Labute approximate surface area is 357 Å². The minimum Gasteiger partial charge on any atom is -0.466 e. The van der Waals surface area contributed by atoms with Gasteiger partial charge in [0.2, 0.25) is 0 Å². The number of nitrogens with one attached hydrogen (secondary N) is 2. The van der Waals surface area contributed by atoms with Crippen molar-refractivity contribution >= 4 is 11.9 Å². The third-order valence-electron chi connectivity index (χ3n) is 11.2. The molecule has 0 spiro atoms. The van der Waals surface area contributed by atoms with Crippen LogP contribution in [0, 0.1) is 10.1 Å². The predicted molar refractivity (Wildman–Crippen MR) is 243 cm³/mol. The second-order valence-electron chi connectivity index (χ2n) is 16.8. The van der Waals surface area contributed by atoms with E-state index in [0.717, 1.165) is 135 Å². The van der Waals surface area contributed by atoms with E-state index in [2.05, 4.69) is 36.3 Å². The van der Waals surface area contributed by atoms with E-state index in [1.807, 2.05) is 0 Å². The Balaban J connectivity index is 4.48. The fourth-order valence-corrected chi connectivity index (χ4v) is 7.56. The lowest BCUT2D eigenvalue weighted by atomic mass is 10.0. The van der Waals surface area contributed by atoms with Crippen molar-refractivity contribution in [2.75, 3.05) is 39.8 Å². The highest BCUT2D eigenvalue weighted by atomic mass is 16.6. The van der Waals surface area contributed by atoms with E-state index < -0.39 is 4.92 Å². The Morgan fingerprint density at radius 3 is 1.47 bits per heavy atom. The standard InChI is InChI=1S/C48H94N4O6/c1-5-8-11-14-17-26-33-43-57-47(53)37-29-22-18-24-31-40-51(42-34-39-50-46(49-4)44-52(55)56)41-32-25-19-23-30-38-48(54)58-45(35-27-20-15-12-9-6-2)36-28-21-16-13-10-7-3/h44-45,49-50H,5-43H2,1-4H3/b46-44+. The Morgan fingerprint density at radius 1 is 0.569 bits per heavy atom. The highest BCUT2D eigenvalue weighted by Crippen LogP contribution is 2.19. The van der Waals surface area contributed by atoms with Crippen molar-refractivity contribution in [3.63, 3.8) is 0 Å². The molecule has 0 amide bonds. The Morgan fingerprint density at radius 2 is 0.983 bits per heavy atom. The van der Waals surface area contributed by atoms with Crippen LogP contribution < -0.4 is 10.6 Å². The van der Waals surface area contributed by atoms with Crippen molar-refractivity contribution in [3.8, 4) is 0 Å². The average molecular weight is 823 g/mol. The van der Waals surface area contributed by atoms with Gasteiger partial charge in [-0.1, -0.05) is 162 Å². The summed E-state index contributed by atoms with van der Waals surface area (Å²) in [7, 11) is 1.68. The van der Waals surface area contributed by atoms with Gasteiger partial charge in [0.25, 0.3) is 6.20 Å². The number of ether oxygens (including phenoxy) is 2. The van der Waals surface area contributed by atoms with Gasteiger partial charge in [0, 0.05) is 26.4 Å². The molecule has 58 heavy (non-hydrogen) atoms. The molecule has 10 heteroatoms. The molecule has 0 aromatic rings. The minimum atomic E-state index is -0.445. The summed E-state index contributed by atoms with van der Waals surface area (Å²) in [5.41, 5.74) is 0. The van der Waals surface area contributed by atoms with Gasteiger partial charge in [-0.3, -0.25) is 19.7 Å². The van der Waals surface area contributed by atoms with Crippen molar-refractivity contribution in [2.45, 2.75) is 245 Å². The molecule has 0 aliphatic heterocycles. The summed E-state index contributed by atoms with van der Waals surface area (Å²) in [6, 6.07) is 0. The van der Waals surface area contributed by atoms with Crippen LogP contribution in [0.15, 0.2) is 12.0 Å². The normalized spacial score (nSPS) is 11.7. The minimum absolute atomic E-state index is 0.00465. The van der Waals surface area contributed by atoms with E-state index in [0.29, 0.717) is 31.8 Å². The van der Waals surface area contributed by atoms with Gasteiger partial charge < -0.3 is 25.0 Å². The second kappa shape index (κ2) is 44.2. The first kappa shape index (κ1) is 55.6. The summed E-state index contributed by atoms with van der Waals surface area (Å²) in [6.07, 6.45) is 39.5. The zero-order chi connectivity index (χ0) is 42.6. The second-order valence-corrected chi connectivity index (χ2v) is 16.8. The number of esters is 2. The lowest BCUT2D eigenvalue weighted by Gasteiger charge is -2.22. The summed E-state index contributed by atoms with van der Waals surface area (Å²) in [5.74, 6) is 0.370. The van der Waals surface area contributed by atoms with Gasteiger partial charge in [-0.2, -0.15) is 0 Å². The SMILES string of the molecule is CCCCCCCCCOC(=O)CCCCCCCN(CCCCCCCC(=O)OC(CCCCCCCC)CCCCCCCC)CCCN/C(=C/[N+](=O)[O-])NC.